The van der Waals surface area contributed by atoms with Gasteiger partial charge in [-0.05, 0) is 41.3 Å². The quantitative estimate of drug-likeness (QED) is 0.184. The van der Waals surface area contributed by atoms with Crippen LogP contribution >= 0.6 is 0 Å². The Morgan fingerprint density at radius 1 is 0.486 bits per heavy atom. The first-order valence-electron chi connectivity index (χ1n) is 10.2. The van der Waals surface area contributed by atoms with E-state index in [2.05, 4.69) is 0 Å². The number of benzene rings is 5. The molecule has 8 heteroatoms. The third kappa shape index (κ3) is 3.48. The van der Waals surface area contributed by atoms with Gasteiger partial charge in [0.2, 0.25) is 0 Å². The van der Waals surface area contributed by atoms with Crippen LogP contribution in [0.1, 0.15) is 0 Å². The number of halogens is 7. The van der Waals surface area contributed by atoms with Crippen molar-refractivity contribution in [1.82, 2.24) is 0 Å². The summed E-state index contributed by atoms with van der Waals surface area (Å²) in [6.45, 7) is 0. The zero-order valence-electron chi connectivity index (χ0n) is 17.8. The van der Waals surface area contributed by atoms with Crippen LogP contribution in [0.3, 0.4) is 0 Å². The van der Waals surface area contributed by atoms with Crippen LogP contribution in [0.15, 0.2) is 60.7 Å². The van der Waals surface area contributed by atoms with Gasteiger partial charge in [0.25, 0.3) is 0 Å². The van der Waals surface area contributed by atoms with Gasteiger partial charge in [0, 0.05) is 39.4 Å². The number of fused-ring (bicyclic) bond motifs is 2. The molecule has 0 saturated carbocycles. The first-order chi connectivity index (χ1) is 16.7. The molecule has 0 atom stereocenters. The van der Waals surface area contributed by atoms with E-state index in [-0.39, 0.29) is 27.6 Å². The van der Waals surface area contributed by atoms with Gasteiger partial charge in [-0.3, -0.25) is 0 Å². The van der Waals surface area contributed by atoms with Crippen molar-refractivity contribution in [3.05, 3.63) is 101 Å². The molecule has 0 bridgehead atoms. The van der Waals surface area contributed by atoms with Crippen molar-refractivity contribution >= 4 is 21.5 Å². The van der Waals surface area contributed by atoms with E-state index >= 15 is 22.0 Å². The third-order valence-electron chi connectivity index (χ3n) is 5.85. The first-order valence-corrected chi connectivity index (χ1v) is 10.2. The van der Waals surface area contributed by atoms with Gasteiger partial charge in [-0.1, -0.05) is 18.2 Å². The van der Waals surface area contributed by atoms with Crippen molar-refractivity contribution in [2.45, 2.75) is 0 Å². The molecule has 0 saturated heterocycles. The maximum atomic E-state index is 15.3. The Kier molecular flexibility index (Phi) is 5.39. The van der Waals surface area contributed by atoms with E-state index in [0.717, 1.165) is 42.5 Å². The van der Waals surface area contributed by atoms with Gasteiger partial charge < -0.3 is 4.74 Å². The molecule has 176 valence electrons. The molecule has 0 aliphatic rings. The maximum Gasteiger partial charge on any atom is 0.159 e. The third-order valence-corrected chi connectivity index (χ3v) is 5.85. The second-order valence-electron chi connectivity index (χ2n) is 7.79. The first kappa shape index (κ1) is 22.7. The smallest absolute Gasteiger partial charge is 0.159 e. The molecule has 5 aromatic rings. The van der Waals surface area contributed by atoms with Gasteiger partial charge in [0.15, 0.2) is 11.6 Å². The highest BCUT2D eigenvalue weighted by Gasteiger charge is 2.27. The number of hydrogen-bond acceptors (Lipinski definition) is 1. The molecule has 0 aliphatic heterocycles. The Morgan fingerprint density at radius 3 is 1.66 bits per heavy atom. The van der Waals surface area contributed by atoms with Crippen molar-refractivity contribution in [3.8, 4) is 28.0 Å². The highest BCUT2D eigenvalue weighted by atomic mass is 19.2. The average Bonchev–Trinajstić information content (AvgIpc) is 2.82. The molecule has 5 rings (SSSR count). The second-order valence-corrected chi connectivity index (χ2v) is 7.79. The number of rotatable bonds is 3. The molecule has 0 spiro atoms. The molecule has 0 heterocycles. The summed E-state index contributed by atoms with van der Waals surface area (Å²) < 4.78 is 109. The van der Waals surface area contributed by atoms with Crippen LogP contribution in [0.5, 0.6) is 5.75 Å². The molecular weight excluding hydrogens is 473 g/mol. The lowest BCUT2D eigenvalue weighted by Gasteiger charge is -2.20. The monoisotopic (exact) mass is 486 g/mol. The lowest BCUT2D eigenvalue weighted by atomic mass is 9.85. The highest BCUT2D eigenvalue weighted by molar-refractivity contribution is 6.22. The van der Waals surface area contributed by atoms with Crippen molar-refractivity contribution in [2.75, 3.05) is 7.11 Å². The van der Waals surface area contributed by atoms with Crippen LogP contribution in [-0.2, 0) is 0 Å². The standard InChI is InChI=1S/C27H13F7O/c1-35-13-10-20(33)25(21(34)11-13)24-14-3-2-4-16(29)23(14)22(12-5-6-15(28)19(32)9-12)26-17(30)7-8-18(31)27(24)26/h2-11H,1H3. The summed E-state index contributed by atoms with van der Waals surface area (Å²) in [5.41, 5.74) is -1.61. The van der Waals surface area contributed by atoms with Crippen LogP contribution in [-0.4, -0.2) is 7.11 Å². The molecule has 35 heavy (non-hydrogen) atoms. The lowest BCUT2D eigenvalue weighted by Crippen LogP contribution is -2.01. The normalized spacial score (nSPS) is 11.4. The molecule has 0 unspecified atom stereocenters. The van der Waals surface area contributed by atoms with Crippen LogP contribution in [0.4, 0.5) is 30.7 Å². The summed E-state index contributed by atoms with van der Waals surface area (Å²) in [4.78, 5) is 0. The fourth-order valence-corrected chi connectivity index (χ4v) is 4.39. The number of hydrogen-bond donors (Lipinski definition) is 0. The second kappa shape index (κ2) is 8.30. The fraction of sp³-hybridized carbons (Fsp3) is 0.0370. The predicted octanol–water partition coefficient (Wildman–Crippen LogP) is 8.31. The Hall–Kier alpha value is -4.07. The molecule has 1 nitrogen and oxygen atoms in total. The predicted molar refractivity (Wildman–Crippen MR) is 119 cm³/mol. The van der Waals surface area contributed by atoms with E-state index < -0.39 is 62.6 Å². The zero-order chi connectivity index (χ0) is 25.0. The number of ether oxygens (including phenoxy) is 1. The van der Waals surface area contributed by atoms with E-state index in [9.17, 15) is 8.78 Å². The van der Waals surface area contributed by atoms with Crippen molar-refractivity contribution in [2.24, 2.45) is 0 Å². The lowest BCUT2D eigenvalue weighted by molar-refractivity contribution is 0.407. The molecule has 5 aromatic carbocycles. The Balaban J connectivity index is 2.09. The minimum absolute atomic E-state index is 0.157. The highest BCUT2D eigenvalue weighted by Crippen LogP contribution is 2.47. The summed E-state index contributed by atoms with van der Waals surface area (Å²) in [7, 11) is 1.19. The van der Waals surface area contributed by atoms with Crippen molar-refractivity contribution in [1.29, 1.82) is 0 Å². The van der Waals surface area contributed by atoms with E-state index in [4.69, 9.17) is 4.74 Å². The van der Waals surface area contributed by atoms with Crippen LogP contribution in [0.2, 0.25) is 0 Å². The van der Waals surface area contributed by atoms with Gasteiger partial charge in [-0.15, -0.1) is 0 Å². The Labute approximate surface area is 194 Å². The van der Waals surface area contributed by atoms with E-state index in [0.29, 0.717) is 6.07 Å². The minimum Gasteiger partial charge on any atom is -0.497 e. The summed E-state index contributed by atoms with van der Waals surface area (Å²) in [5, 5.41) is -1.60. The Morgan fingerprint density at radius 2 is 1.06 bits per heavy atom. The van der Waals surface area contributed by atoms with Crippen LogP contribution in [0, 0.1) is 40.7 Å². The van der Waals surface area contributed by atoms with Crippen molar-refractivity contribution in [3.63, 3.8) is 0 Å². The summed E-state index contributed by atoms with van der Waals surface area (Å²) in [5.74, 6) is -8.02. The SMILES string of the molecule is COc1cc(F)c(-c2c3cccc(F)c3c(-c3ccc(F)c(F)c3)c3c(F)ccc(F)c23)c(F)c1. The number of methoxy groups -OCH3 is 1. The van der Waals surface area contributed by atoms with E-state index in [1.807, 2.05) is 0 Å². The summed E-state index contributed by atoms with van der Waals surface area (Å²) in [6.07, 6.45) is 0. The topological polar surface area (TPSA) is 9.23 Å². The van der Waals surface area contributed by atoms with Crippen LogP contribution < -0.4 is 4.74 Å². The van der Waals surface area contributed by atoms with Gasteiger partial charge >= 0.3 is 0 Å². The maximum absolute atomic E-state index is 15.3. The van der Waals surface area contributed by atoms with E-state index in [1.165, 1.54) is 19.2 Å². The molecule has 0 aromatic heterocycles. The molecule has 0 radical (unpaired) electrons. The molecule has 0 fully saturated rings. The fourth-order valence-electron chi connectivity index (χ4n) is 4.39. The van der Waals surface area contributed by atoms with Gasteiger partial charge in [-0.25, -0.2) is 30.7 Å². The van der Waals surface area contributed by atoms with Crippen molar-refractivity contribution < 1.29 is 35.5 Å². The Bertz CT molecular complexity index is 1640. The van der Waals surface area contributed by atoms with Crippen LogP contribution in [0.25, 0.3) is 43.8 Å². The summed E-state index contributed by atoms with van der Waals surface area (Å²) >= 11 is 0. The molecule has 0 N–H and O–H groups in total. The molecule has 0 amide bonds. The average molecular weight is 486 g/mol. The van der Waals surface area contributed by atoms with Gasteiger partial charge in [0.1, 0.15) is 34.8 Å². The molecular formula is C27H13F7O. The largest absolute Gasteiger partial charge is 0.497 e. The van der Waals surface area contributed by atoms with Gasteiger partial charge in [0.05, 0.1) is 12.7 Å². The minimum atomic E-state index is -1.30. The van der Waals surface area contributed by atoms with E-state index in [1.54, 1.807) is 0 Å². The summed E-state index contributed by atoms with van der Waals surface area (Å²) in [6, 6.07) is 9.33. The van der Waals surface area contributed by atoms with Gasteiger partial charge in [-0.2, -0.15) is 0 Å². The molecule has 0 aliphatic carbocycles. The zero-order valence-corrected chi connectivity index (χ0v) is 17.8.